The fraction of sp³-hybridized carbons (Fsp3) is 0.818. The molecule has 4 nitrogen and oxygen atoms in total. The van der Waals surface area contributed by atoms with Gasteiger partial charge in [0.05, 0.1) is 17.9 Å². The van der Waals surface area contributed by atoms with Gasteiger partial charge in [-0.25, -0.2) is 4.68 Å². The van der Waals surface area contributed by atoms with Gasteiger partial charge in [-0.1, -0.05) is 12.1 Å². The van der Waals surface area contributed by atoms with Crippen molar-refractivity contribution in [3.63, 3.8) is 0 Å². The van der Waals surface area contributed by atoms with Crippen molar-refractivity contribution in [1.29, 1.82) is 0 Å². The Kier molecular flexibility index (Phi) is 4.23. The van der Waals surface area contributed by atoms with Gasteiger partial charge in [-0.2, -0.15) is 11.8 Å². The highest BCUT2D eigenvalue weighted by Crippen LogP contribution is 2.33. The summed E-state index contributed by atoms with van der Waals surface area (Å²) >= 11 is 2.05. The molecule has 1 aromatic heterocycles. The van der Waals surface area contributed by atoms with Crippen molar-refractivity contribution in [2.45, 2.75) is 32.4 Å². The van der Waals surface area contributed by atoms with Crippen LogP contribution in [0.25, 0.3) is 0 Å². The molecule has 5 heteroatoms. The van der Waals surface area contributed by atoms with Crippen LogP contribution in [-0.4, -0.2) is 33.5 Å². The average Bonchev–Trinajstić information content (AvgIpc) is 2.92. The number of aromatic nitrogens is 3. The van der Waals surface area contributed by atoms with Crippen molar-refractivity contribution in [2.75, 3.05) is 18.6 Å². The highest BCUT2D eigenvalue weighted by atomic mass is 32.2. The van der Waals surface area contributed by atoms with E-state index in [1.807, 2.05) is 17.9 Å². The number of nitrogens with zero attached hydrogens (tertiary/aromatic N) is 3. The van der Waals surface area contributed by atoms with Gasteiger partial charge in [0.15, 0.2) is 0 Å². The van der Waals surface area contributed by atoms with Gasteiger partial charge >= 0.3 is 0 Å². The van der Waals surface area contributed by atoms with Crippen molar-refractivity contribution in [1.82, 2.24) is 20.3 Å². The molecule has 0 spiro atoms. The molecule has 1 saturated heterocycles. The molecule has 2 heterocycles. The molecule has 1 aromatic rings. The molecule has 0 saturated carbocycles. The first-order valence-electron chi connectivity index (χ1n) is 6.00. The second-order valence-electron chi connectivity index (χ2n) is 4.27. The Hall–Kier alpha value is -0.550. The van der Waals surface area contributed by atoms with Crippen molar-refractivity contribution in [2.24, 2.45) is 5.92 Å². The van der Waals surface area contributed by atoms with E-state index >= 15 is 0 Å². The van der Waals surface area contributed by atoms with Crippen LogP contribution in [0.1, 0.15) is 31.5 Å². The van der Waals surface area contributed by atoms with E-state index in [0.29, 0.717) is 6.04 Å². The minimum absolute atomic E-state index is 0.413. The Labute approximate surface area is 101 Å². The molecule has 2 unspecified atom stereocenters. The van der Waals surface area contributed by atoms with Gasteiger partial charge in [0.25, 0.3) is 0 Å². The van der Waals surface area contributed by atoms with Crippen LogP contribution >= 0.6 is 11.8 Å². The van der Waals surface area contributed by atoms with E-state index < -0.39 is 0 Å². The first-order chi connectivity index (χ1) is 7.86. The molecule has 0 radical (unpaired) electrons. The smallest absolute Gasteiger partial charge is 0.0759 e. The summed E-state index contributed by atoms with van der Waals surface area (Å²) in [4.78, 5) is 0. The lowest BCUT2D eigenvalue weighted by atomic mass is 9.97. The van der Waals surface area contributed by atoms with Crippen LogP contribution in [-0.2, 0) is 6.54 Å². The maximum Gasteiger partial charge on any atom is 0.0759 e. The normalized spacial score (nSPS) is 22.5. The van der Waals surface area contributed by atoms with Gasteiger partial charge in [0.1, 0.15) is 0 Å². The topological polar surface area (TPSA) is 42.7 Å². The number of rotatable bonds is 5. The Bertz CT molecular complexity index is 320. The molecule has 1 N–H and O–H groups in total. The Balaban J connectivity index is 2.15. The standard InChI is InChI=1S/C11H20N4S/c1-3-5-15-10(7-13-14-15)11(12-2)9-4-6-16-8-9/h7,9,11-12H,3-6,8H2,1-2H3. The number of thioether (sulfide) groups is 1. The fourth-order valence-corrected chi connectivity index (χ4v) is 3.63. The minimum atomic E-state index is 0.413. The van der Waals surface area contributed by atoms with E-state index in [-0.39, 0.29) is 0 Å². The van der Waals surface area contributed by atoms with Gasteiger partial charge in [0.2, 0.25) is 0 Å². The van der Waals surface area contributed by atoms with Gasteiger partial charge < -0.3 is 5.32 Å². The maximum atomic E-state index is 4.17. The molecule has 1 aliphatic heterocycles. The van der Waals surface area contributed by atoms with E-state index in [1.165, 1.54) is 23.6 Å². The van der Waals surface area contributed by atoms with Crippen LogP contribution in [0.5, 0.6) is 0 Å². The number of hydrogen-bond acceptors (Lipinski definition) is 4. The summed E-state index contributed by atoms with van der Waals surface area (Å²) in [7, 11) is 2.04. The maximum absolute atomic E-state index is 4.17. The van der Waals surface area contributed by atoms with Gasteiger partial charge in [0, 0.05) is 6.54 Å². The molecular formula is C11H20N4S. The lowest BCUT2D eigenvalue weighted by molar-refractivity contribution is 0.386. The van der Waals surface area contributed by atoms with E-state index in [0.717, 1.165) is 18.9 Å². The summed E-state index contributed by atoms with van der Waals surface area (Å²) in [6.07, 6.45) is 4.32. The number of hydrogen-bond donors (Lipinski definition) is 1. The van der Waals surface area contributed by atoms with Crippen LogP contribution in [0.2, 0.25) is 0 Å². The molecule has 1 aliphatic rings. The van der Waals surface area contributed by atoms with Crippen LogP contribution < -0.4 is 5.32 Å². The van der Waals surface area contributed by atoms with Crippen LogP contribution in [0.4, 0.5) is 0 Å². The molecule has 1 fully saturated rings. The minimum Gasteiger partial charge on any atom is -0.311 e. The SMILES string of the molecule is CCCn1nncc1C(NC)C1CCSC1. The second kappa shape index (κ2) is 5.68. The largest absolute Gasteiger partial charge is 0.311 e. The van der Waals surface area contributed by atoms with Gasteiger partial charge in [-0.05, 0) is 37.3 Å². The lowest BCUT2D eigenvalue weighted by Gasteiger charge is -2.22. The molecule has 0 aliphatic carbocycles. The van der Waals surface area contributed by atoms with E-state index in [4.69, 9.17) is 0 Å². The Morgan fingerprint density at radius 2 is 2.56 bits per heavy atom. The summed E-state index contributed by atoms with van der Waals surface area (Å²) in [6, 6.07) is 0.413. The molecule has 2 rings (SSSR count). The quantitative estimate of drug-likeness (QED) is 0.850. The Morgan fingerprint density at radius 3 is 3.19 bits per heavy atom. The summed E-state index contributed by atoms with van der Waals surface area (Å²) in [5.41, 5.74) is 1.25. The molecule has 90 valence electrons. The molecule has 0 bridgehead atoms. The first kappa shape index (κ1) is 11.9. The fourth-order valence-electron chi connectivity index (χ4n) is 2.33. The van der Waals surface area contributed by atoms with E-state index in [1.54, 1.807) is 0 Å². The second-order valence-corrected chi connectivity index (χ2v) is 5.42. The van der Waals surface area contributed by atoms with Crippen molar-refractivity contribution >= 4 is 11.8 Å². The third-order valence-electron chi connectivity index (χ3n) is 3.15. The molecule has 0 amide bonds. The summed E-state index contributed by atoms with van der Waals surface area (Å²) in [5.74, 6) is 3.27. The zero-order chi connectivity index (χ0) is 11.4. The highest BCUT2D eigenvalue weighted by molar-refractivity contribution is 7.99. The van der Waals surface area contributed by atoms with Crippen LogP contribution in [0.15, 0.2) is 6.20 Å². The van der Waals surface area contributed by atoms with Gasteiger partial charge in [-0.3, -0.25) is 0 Å². The number of nitrogens with one attached hydrogen (secondary N) is 1. The molecule has 0 aromatic carbocycles. The third kappa shape index (κ3) is 2.40. The summed E-state index contributed by atoms with van der Waals surface area (Å²) in [5, 5.41) is 11.6. The van der Waals surface area contributed by atoms with E-state index in [2.05, 4.69) is 34.3 Å². The van der Waals surface area contributed by atoms with Crippen LogP contribution in [0, 0.1) is 5.92 Å². The van der Waals surface area contributed by atoms with Crippen molar-refractivity contribution < 1.29 is 0 Å². The zero-order valence-electron chi connectivity index (χ0n) is 10.0. The average molecular weight is 240 g/mol. The monoisotopic (exact) mass is 240 g/mol. The van der Waals surface area contributed by atoms with Gasteiger partial charge in [-0.15, -0.1) is 5.10 Å². The number of aryl methyl sites for hydroxylation is 1. The van der Waals surface area contributed by atoms with Crippen molar-refractivity contribution in [3.05, 3.63) is 11.9 Å². The zero-order valence-corrected chi connectivity index (χ0v) is 10.8. The van der Waals surface area contributed by atoms with Crippen molar-refractivity contribution in [3.8, 4) is 0 Å². The van der Waals surface area contributed by atoms with E-state index in [9.17, 15) is 0 Å². The molecule has 16 heavy (non-hydrogen) atoms. The predicted octanol–water partition coefficient (Wildman–Crippen LogP) is 1.70. The van der Waals surface area contributed by atoms with Crippen LogP contribution in [0.3, 0.4) is 0 Å². The summed E-state index contributed by atoms with van der Waals surface area (Å²) in [6.45, 7) is 3.14. The highest BCUT2D eigenvalue weighted by Gasteiger charge is 2.28. The lowest BCUT2D eigenvalue weighted by Crippen LogP contribution is -2.27. The summed E-state index contributed by atoms with van der Waals surface area (Å²) < 4.78 is 2.05. The third-order valence-corrected chi connectivity index (χ3v) is 4.34. The molecule has 2 atom stereocenters. The first-order valence-corrected chi connectivity index (χ1v) is 7.15. The molecular weight excluding hydrogens is 220 g/mol. The predicted molar refractivity (Wildman–Crippen MR) is 67.5 cm³/mol. The Morgan fingerprint density at radius 1 is 1.69 bits per heavy atom.